The third kappa shape index (κ3) is 2.90. The summed E-state index contributed by atoms with van der Waals surface area (Å²) in [7, 11) is 1.42. The number of hydrogen-bond acceptors (Lipinski definition) is 5. The van der Waals surface area contributed by atoms with Crippen molar-refractivity contribution in [3.63, 3.8) is 0 Å². The van der Waals surface area contributed by atoms with Gasteiger partial charge in [0.1, 0.15) is 0 Å². The summed E-state index contributed by atoms with van der Waals surface area (Å²) in [6.07, 6.45) is 7.39. The number of fused-ring (bicyclic) bond motifs is 1. The van der Waals surface area contributed by atoms with Crippen molar-refractivity contribution in [1.29, 1.82) is 0 Å². The fourth-order valence-corrected chi connectivity index (χ4v) is 3.86. The lowest BCUT2D eigenvalue weighted by molar-refractivity contribution is -0.145. The smallest absolute Gasteiger partial charge is 0.309 e. The molecule has 0 aliphatic heterocycles. The van der Waals surface area contributed by atoms with Crippen LogP contribution in [0, 0.1) is 5.92 Å². The summed E-state index contributed by atoms with van der Waals surface area (Å²) in [5.41, 5.74) is 1.20. The molecule has 6 heteroatoms. The number of Topliss-reactive ketones (excluding diaryl/α,β-unsaturated/α-hetero) is 1. The maximum absolute atomic E-state index is 12.3. The highest BCUT2D eigenvalue weighted by Gasteiger charge is 2.27. The van der Waals surface area contributed by atoms with Crippen LogP contribution >= 0.6 is 11.3 Å². The number of hydrogen-bond donors (Lipinski definition) is 0. The fraction of sp³-hybridized carbons (Fsp3) is 0.400. The Morgan fingerprint density at radius 1 is 1.52 bits per heavy atom. The highest BCUT2D eigenvalue weighted by Crippen LogP contribution is 2.33. The first-order chi connectivity index (χ1) is 10.2. The Kier molecular flexibility index (Phi) is 3.88. The van der Waals surface area contributed by atoms with Gasteiger partial charge in [-0.25, -0.2) is 4.98 Å². The zero-order valence-electron chi connectivity index (χ0n) is 11.7. The molecule has 3 rings (SSSR count). The monoisotopic (exact) mass is 304 g/mol. The van der Waals surface area contributed by atoms with Crippen molar-refractivity contribution in [3.05, 3.63) is 40.1 Å². The van der Waals surface area contributed by atoms with Crippen LogP contribution in [0.15, 0.2) is 24.8 Å². The van der Waals surface area contributed by atoms with Crippen molar-refractivity contribution in [2.24, 2.45) is 5.92 Å². The number of thiophene rings is 1. The van der Waals surface area contributed by atoms with Crippen LogP contribution in [0.5, 0.6) is 0 Å². The largest absolute Gasteiger partial charge is 0.469 e. The lowest BCUT2D eigenvalue weighted by Crippen LogP contribution is -2.22. The maximum Gasteiger partial charge on any atom is 0.309 e. The normalized spacial score (nSPS) is 17.3. The second kappa shape index (κ2) is 5.81. The van der Waals surface area contributed by atoms with Crippen LogP contribution < -0.4 is 0 Å². The van der Waals surface area contributed by atoms with Crippen molar-refractivity contribution < 1.29 is 14.3 Å². The number of carbonyl (C=O) groups excluding carboxylic acids is 2. The summed E-state index contributed by atoms with van der Waals surface area (Å²) in [4.78, 5) is 29.7. The molecule has 0 fully saturated rings. The van der Waals surface area contributed by atoms with Crippen molar-refractivity contribution in [1.82, 2.24) is 9.55 Å². The molecule has 0 bridgehead atoms. The molecule has 0 amide bonds. The molecule has 2 aromatic rings. The average Bonchev–Trinajstić information content (AvgIpc) is 3.14. The summed E-state index contributed by atoms with van der Waals surface area (Å²) in [6.45, 7) is 0.305. The Balaban J connectivity index is 1.74. The second-order valence-corrected chi connectivity index (χ2v) is 6.32. The van der Waals surface area contributed by atoms with Gasteiger partial charge in [0.2, 0.25) is 0 Å². The molecule has 2 heterocycles. The minimum atomic E-state index is -0.152. The van der Waals surface area contributed by atoms with E-state index in [-0.39, 0.29) is 17.7 Å². The van der Waals surface area contributed by atoms with Gasteiger partial charge < -0.3 is 9.30 Å². The average molecular weight is 304 g/mol. The van der Waals surface area contributed by atoms with Gasteiger partial charge in [0.05, 0.1) is 30.8 Å². The minimum absolute atomic E-state index is 0.0715. The number of ether oxygens (including phenoxy) is 1. The number of nitrogens with zero attached hydrogens (tertiary/aromatic N) is 2. The predicted octanol–water partition coefficient (Wildman–Crippen LogP) is 2.11. The summed E-state index contributed by atoms with van der Waals surface area (Å²) in [5, 5.41) is 0. The summed E-state index contributed by atoms with van der Waals surface area (Å²) in [6, 6.07) is 1.98. The van der Waals surface area contributed by atoms with Gasteiger partial charge in [-0.05, 0) is 30.9 Å². The summed E-state index contributed by atoms with van der Waals surface area (Å²) in [5.74, 6) is -0.139. The van der Waals surface area contributed by atoms with E-state index in [4.69, 9.17) is 4.74 Å². The van der Waals surface area contributed by atoms with Gasteiger partial charge in [0, 0.05) is 17.3 Å². The van der Waals surface area contributed by atoms with E-state index < -0.39 is 0 Å². The van der Waals surface area contributed by atoms with Gasteiger partial charge in [-0.3, -0.25) is 9.59 Å². The van der Waals surface area contributed by atoms with E-state index in [0.717, 1.165) is 22.6 Å². The molecule has 0 saturated heterocycles. The highest BCUT2D eigenvalue weighted by atomic mass is 32.1. The fourth-order valence-electron chi connectivity index (χ4n) is 2.64. The van der Waals surface area contributed by atoms with E-state index in [1.165, 1.54) is 24.0 Å². The molecule has 0 aromatic carbocycles. The SMILES string of the molecule is COC(=O)C1CCc2cc(C(=O)Cn3ccnc3)sc2C1. The molecule has 0 saturated carbocycles. The van der Waals surface area contributed by atoms with Gasteiger partial charge in [0.15, 0.2) is 5.78 Å². The Morgan fingerprint density at radius 2 is 2.38 bits per heavy atom. The van der Waals surface area contributed by atoms with Gasteiger partial charge in [0.25, 0.3) is 0 Å². The van der Waals surface area contributed by atoms with E-state index >= 15 is 0 Å². The van der Waals surface area contributed by atoms with E-state index in [2.05, 4.69) is 4.98 Å². The lowest BCUT2D eigenvalue weighted by Gasteiger charge is -2.19. The maximum atomic E-state index is 12.3. The van der Waals surface area contributed by atoms with Gasteiger partial charge >= 0.3 is 5.97 Å². The van der Waals surface area contributed by atoms with E-state index in [9.17, 15) is 9.59 Å². The summed E-state index contributed by atoms with van der Waals surface area (Å²) < 4.78 is 6.58. The second-order valence-electron chi connectivity index (χ2n) is 5.18. The molecule has 110 valence electrons. The van der Waals surface area contributed by atoms with Gasteiger partial charge in [-0.15, -0.1) is 11.3 Å². The first-order valence-electron chi connectivity index (χ1n) is 6.85. The first kappa shape index (κ1) is 14.0. The Hall–Kier alpha value is -1.95. The first-order valence-corrected chi connectivity index (χ1v) is 7.67. The molecule has 2 aromatic heterocycles. The third-order valence-corrected chi connectivity index (χ3v) is 5.03. The van der Waals surface area contributed by atoms with Crippen LogP contribution in [0.4, 0.5) is 0 Å². The van der Waals surface area contributed by atoms with Crippen LogP contribution in [-0.4, -0.2) is 28.4 Å². The zero-order chi connectivity index (χ0) is 14.8. The molecular formula is C15H16N2O3S. The number of imidazole rings is 1. The van der Waals surface area contributed by atoms with Crippen molar-refractivity contribution in [2.75, 3.05) is 7.11 Å². The number of aryl methyl sites for hydroxylation is 1. The number of ketones is 1. The van der Waals surface area contributed by atoms with Crippen LogP contribution in [-0.2, 0) is 28.9 Å². The Morgan fingerprint density at radius 3 is 3.10 bits per heavy atom. The molecule has 21 heavy (non-hydrogen) atoms. The van der Waals surface area contributed by atoms with Gasteiger partial charge in [-0.1, -0.05) is 0 Å². The van der Waals surface area contributed by atoms with Crippen molar-refractivity contribution in [2.45, 2.75) is 25.8 Å². The van der Waals surface area contributed by atoms with Crippen LogP contribution in [0.25, 0.3) is 0 Å². The quantitative estimate of drug-likeness (QED) is 0.641. The van der Waals surface area contributed by atoms with Crippen molar-refractivity contribution in [3.8, 4) is 0 Å². The standard InChI is InChI=1S/C15H16N2O3S/c1-20-15(19)11-3-2-10-6-14(21-13(10)7-11)12(18)8-17-5-4-16-9-17/h4-6,9,11H,2-3,7-8H2,1H3. The molecule has 0 radical (unpaired) electrons. The van der Waals surface area contributed by atoms with E-state index in [1.807, 2.05) is 6.07 Å². The third-order valence-electron chi connectivity index (χ3n) is 3.79. The predicted molar refractivity (Wildman–Crippen MR) is 78.4 cm³/mol. The molecule has 1 aliphatic carbocycles. The molecule has 1 atom stereocenters. The highest BCUT2D eigenvalue weighted by molar-refractivity contribution is 7.14. The molecule has 5 nitrogen and oxygen atoms in total. The van der Waals surface area contributed by atoms with E-state index in [0.29, 0.717) is 13.0 Å². The van der Waals surface area contributed by atoms with Crippen LogP contribution in [0.3, 0.4) is 0 Å². The zero-order valence-corrected chi connectivity index (χ0v) is 12.6. The molecule has 0 N–H and O–H groups in total. The summed E-state index contributed by atoms with van der Waals surface area (Å²) >= 11 is 1.51. The number of esters is 1. The van der Waals surface area contributed by atoms with E-state index in [1.54, 1.807) is 23.3 Å². The lowest BCUT2D eigenvalue weighted by atomic mass is 9.89. The number of carbonyl (C=O) groups is 2. The van der Waals surface area contributed by atoms with Crippen LogP contribution in [0.1, 0.15) is 26.5 Å². The number of aromatic nitrogens is 2. The topological polar surface area (TPSA) is 61.2 Å². The van der Waals surface area contributed by atoms with Gasteiger partial charge in [-0.2, -0.15) is 0 Å². The Labute approximate surface area is 126 Å². The number of methoxy groups -OCH3 is 1. The molecule has 1 aliphatic rings. The van der Waals surface area contributed by atoms with Crippen LogP contribution in [0.2, 0.25) is 0 Å². The molecular weight excluding hydrogens is 288 g/mol. The minimum Gasteiger partial charge on any atom is -0.469 e. The number of rotatable bonds is 4. The molecule has 0 spiro atoms. The Bertz CT molecular complexity index is 661. The molecule has 1 unspecified atom stereocenters. The van der Waals surface area contributed by atoms with Crippen molar-refractivity contribution >= 4 is 23.1 Å².